The van der Waals surface area contributed by atoms with Crippen molar-refractivity contribution in [2.45, 2.75) is 103 Å². The van der Waals surface area contributed by atoms with Crippen LogP contribution in [0.4, 0.5) is 0 Å². The maximum Gasteiger partial charge on any atom is 0.126 e. The van der Waals surface area contributed by atoms with Crippen molar-refractivity contribution in [2.24, 2.45) is 11.8 Å². The van der Waals surface area contributed by atoms with Gasteiger partial charge in [0.15, 0.2) is 0 Å². The Hall–Kier alpha value is -1.12. The molecule has 0 radical (unpaired) electrons. The Kier molecular flexibility index (Phi) is 4.92. The highest BCUT2D eigenvalue weighted by atomic mass is 28.3. The molecule has 0 heterocycles. The van der Waals surface area contributed by atoms with E-state index in [2.05, 4.69) is 109 Å². The molecule has 0 saturated heterocycles. The van der Waals surface area contributed by atoms with Crippen LogP contribution in [-0.2, 0) is 5.41 Å². The molecule has 1 saturated carbocycles. The molecule has 0 bridgehead atoms. The van der Waals surface area contributed by atoms with Gasteiger partial charge in [0.25, 0.3) is 0 Å². The highest BCUT2D eigenvalue weighted by molar-refractivity contribution is 6.76. The van der Waals surface area contributed by atoms with Crippen molar-refractivity contribution < 1.29 is 0 Å². The Morgan fingerprint density at radius 1 is 0.900 bits per heavy atom. The van der Waals surface area contributed by atoms with Crippen LogP contribution in [0.5, 0.6) is 0 Å². The first-order valence-corrected chi connectivity index (χ1v) is 15.0. The molecule has 2 heteroatoms. The van der Waals surface area contributed by atoms with E-state index in [1.807, 2.05) is 0 Å². The maximum atomic E-state index is 2.93. The summed E-state index contributed by atoms with van der Waals surface area (Å²) in [5.41, 5.74) is 7.47. The number of hydrogen-bond acceptors (Lipinski definition) is 1. The Morgan fingerprint density at radius 3 is 2.10 bits per heavy atom. The molecular weight excluding hydrogens is 378 g/mol. The zero-order valence-corrected chi connectivity index (χ0v) is 22.1. The molecule has 1 aromatic carbocycles. The van der Waals surface area contributed by atoms with Gasteiger partial charge in [-0.25, -0.2) is 0 Å². The summed E-state index contributed by atoms with van der Waals surface area (Å²) in [6.45, 7) is 24.7. The minimum Gasteiger partial charge on any atom is -0.314 e. The molecule has 1 fully saturated rings. The van der Waals surface area contributed by atoms with Crippen molar-refractivity contribution in [3.8, 4) is 0 Å². The molecule has 0 amide bonds. The molecule has 0 N–H and O–H groups in total. The monoisotopic (exact) mass is 421 g/mol. The van der Waals surface area contributed by atoms with Gasteiger partial charge in [0, 0.05) is 16.5 Å². The van der Waals surface area contributed by atoms with E-state index in [1.165, 1.54) is 24.0 Å². The second kappa shape index (κ2) is 6.69. The molecule has 3 aliphatic carbocycles. The molecule has 0 aromatic heterocycles. The summed E-state index contributed by atoms with van der Waals surface area (Å²) < 4.78 is 2.93. The third-order valence-electron chi connectivity index (χ3n) is 8.19. The van der Waals surface area contributed by atoms with Gasteiger partial charge in [-0.3, -0.25) is 0 Å². The number of benzene rings is 1. The lowest BCUT2D eigenvalue weighted by atomic mass is 9.76. The minimum atomic E-state index is -1.69. The van der Waals surface area contributed by atoms with Crippen LogP contribution in [0.1, 0.15) is 79.4 Å². The Labute approximate surface area is 186 Å². The van der Waals surface area contributed by atoms with Crippen molar-refractivity contribution >= 4 is 13.8 Å². The van der Waals surface area contributed by atoms with E-state index in [9.17, 15) is 0 Å². The first kappa shape index (κ1) is 22.1. The van der Waals surface area contributed by atoms with Gasteiger partial charge in [-0.2, -0.15) is 0 Å². The fourth-order valence-electron chi connectivity index (χ4n) is 7.99. The molecular formula is C28H43NSi. The van der Waals surface area contributed by atoms with Gasteiger partial charge in [0.2, 0.25) is 0 Å². The zero-order chi connectivity index (χ0) is 22.3. The standard InChI is InChI=1S/C28H43NSi/c1-26(2,3)29(27(4,5)6)30(9,10)25-16-15-19-17-24-22(18-21(19)25)20-13-11-12-14-23(20)28(24,7)8/h11-14,17-19,21,25H,15-16H2,1-10H3. The van der Waals surface area contributed by atoms with Gasteiger partial charge in [0.1, 0.15) is 8.24 Å². The van der Waals surface area contributed by atoms with Crippen molar-refractivity contribution in [3.05, 3.63) is 53.1 Å². The zero-order valence-electron chi connectivity index (χ0n) is 21.1. The van der Waals surface area contributed by atoms with Crippen LogP contribution in [0.2, 0.25) is 18.6 Å². The van der Waals surface area contributed by atoms with E-state index < -0.39 is 8.24 Å². The molecule has 30 heavy (non-hydrogen) atoms. The van der Waals surface area contributed by atoms with Gasteiger partial charge < -0.3 is 4.57 Å². The van der Waals surface area contributed by atoms with E-state index in [1.54, 1.807) is 11.1 Å². The topological polar surface area (TPSA) is 3.24 Å². The molecule has 1 nitrogen and oxygen atoms in total. The largest absolute Gasteiger partial charge is 0.314 e. The van der Waals surface area contributed by atoms with Gasteiger partial charge in [0.05, 0.1) is 0 Å². The Morgan fingerprint density at radius 2 is 1.50 bits per heavy atom. The second-order valence-corrected chi connectivity index (χ2v) is 17.6. The van der Waals surface area contributed by atoms with E-state index in [-0.39, 0.29) is 16.5 Å². The summed E-state index contributed by atoms with van der Waals surface area (Å²) >= 11 is 0. The van der Waals surface area contributed by atoms with E-state index in [0.29, 0.717) is 5.92 Å². The molecule has 164 valence electrons. The molecule has 3 aliphatic rings. The molecule has 3 atom stereocenters. The number of fused-ring (bicyclic) bond motifs is 4. The smallest absolute Gasteiger partial charge is 0.126 e. The van der Waals surface area contributed by atoms with Crippen LogP contribution >= 0.6 is 0 Å². The first-order chi connectivity index (χ1) is 13.7. The number of allylic oxidation sites excluding steroid dienone is 4. The summed E-state index contributed by atoms with van der Waals surface area (Å²) in [5.74, 6) is 1.41. The molecule has 4 rings (SSSR count). The minimum absolute atomic E-state index is 0.140. The highest BCUT2D eigenvalue weighted by Crippen LogP contribution is 2.59. The number of rotatable bonds is 2. The van der Waals surface area contributed by atoms with Crippen LogP contribution in [0.3, 0.4) is 0 Å². The van der Waals surface area contributed by atoms with Gasteiger partial charge in [-0.05, 0) is 87.6 Å². The van der Waals surface area contributed by atoms with Crippen LogP contribution < -0.4 is 0 Å². The second-order valence-electron chi connectivity index (χ2n) is 13.1. The average molecular weight is 422 g/mol. The van der Waals surface area contributed by atoms with Gasteiger partial charge in [-0.1, -0.05) is 69.8 Å². The fraction of sp³-hybridized carbons (Fsp3) is 0.643. The molecule has 3 unspecified atom stereocenters. The van der Waals surface area contributed by atoms with Crippen molar-refractivity contribution in [1.29, 1.82) is 0 Å². The predicted octanol–water partition coefficient (Wildman–Crippen LogP) is 7.80. The average Bonchev–Trinajstić information content (AvgIpc) is 3.09. The van der Waals surface area contributed by atoms with Crippen LogP contribution in [0, 0.1) is 11.8 Å². The molecule has 0 aliphatic heterocycles. The van der Waals surface area contributed by atoms with Crippen LogP contribution in [0.15, 0.2) is 42.0 Å². The van der Waals surface area contributed by atoms with E-state index in [0.717, 1.165) is 11.5 Å². The lowest BCUT2D eigenvalue weighted by molar-refractivity contribution is 0.122. The van der Waals surface area contributed by atoms with Gasteiger partial charge >= 0.3 is 0 Å². The lowest BCUT2D eigenvalue weighted by Gasteiger charge is -2.57. The number of hydrogen-bond donors (Lipinski definition) is 0. The van der Waals surface area contributed by atoms with Crippen LogP contribution in [-0.4, -0.2) is 23.9 Å². The quantitative estimate of drug-likeness (QED) is 0.440. The lowest BCUT2D eigenvalue weighted by Crippen LogP contribution is -2.67. The first-order valence-electron chi connectivity index (χ1n) is 12.0. The maximum absolute atomic E-state index is 2.93. The van der Waals surface area contributed by atoms with E-state index >= 15 is 0 Å². The normalized spacial score (nSPS) is 28.0. The SMILES string of the molecule is CC1(C)C2=CC3CCC([Si](C)(C)N(C(C)(C)C)C(C)(C)C)C3C=C2c2ccccc21. The Bertz CT molecular complexity index is 889. The van der Waals surface area contributed by atoms with E-state index in [4.69, 9.17) is 0 Å². The number of nitrogens with zero attached hydrogens (tertiary/aromatic N) is 1. The van der Waals surface area contributed by atoms with Gasteiger partial charge in [-0.15, -0.1) is 0 Å². The van der Waals surface area contributed by atoms with Crippen molar-refractivity contribution in [1.82, 2.24) is 4.57 Å². The van der Waals surface area contributed by atoms with Crippen LogP contribution in [0.25, 0.3) is 5.57 Å². The van der Waals surface area contributed by atoms with Crippen molar-refractivity contribution in [2.75, 3.05) is 0 Å². The third-order valence-corrected chi connectivity index (χ3v) is 13.2. The molecule has 1 aromatic rings. The highest BCUT2D eigenvalue weighted by Gasteiger charge is 2.54. The van der Waals surface area contributed by atoms with Crippen molar-refractivity contribution in [3.63, 3.8) is 0 Å². The third kappa shape index (κ3) is 3.21. The summed E-state index contributed by atoms with van der Waals surface area (Å²) in [7, 11) is -1.69. The summed E-state index contributed by atoms with van der Waals surface area (Å²) in [6, 6.07) is 9.13. The predicted molar refractivity (Wildman–Crippen MR) is 134 cm³/mol. The summed E-state index contributed by atoms with van der Waals surface area (Å²) in [4.78, 5) is 0. The summed E-state index contributed by atoms with van der Waals surface area (Å²) in [5, 5.41) is 0. The fourth-order valence-corrected chi connectivity index (χ4v) is 13.9. The summed E-state index contributed by atoms with van der Waals surface area (Å²) in [6.07, 6.45) is 8.16. The molecule has 0 spiro atoms. The Balaban J connectivity index is 1.77.